The van der Waals surface area contributed by atoms with Gasteiger partial charge in [0.15, 0.2) is 5.76 Å². The fraction of sp³-hybridized carbons (Fsp3) is 0.200. The summed E-state index contributed by atoms with van der Waals surface area (Å²) in [4.78, 5) is 26.1. The molecule has 6 heteroatoms. The summed E-state index contributed by atoms with van der Waals surface area (Å²) in [5, 5.41) is 7.70. The van der Waals surface area contributed by atoms with Crippen molar-refractivity contribution in [2.75, 3.05) is 6.54 Å². The van der Waals surface area contributed by atoms with Crippen LogP contribution in [0.25, 0.3) is 0 Å². The highest BCUT2D eigenvalue weighted by molar-refractivity contribution is 7.09. The van der Waals surface area contributed by atoms with Crippen molar-refractivity contribution in [3.8, 4) is 0 Å². The minimum absolute atomic E-state index is 0.189. The van der Waals surface area contributed by atoms with Crippen molar-refractivity contribution in [1.29, 1.82) is 0 Å². The van der Waals surface area contributed by atoms with Crippen LogP contribution in [0.1, 0.15) is 21.0 Å². The van der Waals surface area contributed by atoms with E-state index in [1.807, 2.05) is 47.8 Å². The van der Waals surface area contributed by atoms with Gasteiger partial charge in [-0.2, -0.15) is 0 Å². The van der Waals surface area contributed by atoms with Crippen molar-refractivity contribution in [3.63, 3.8) is 0 Å². The Morgan fingerprint density at radius 2 is 1.88 bits per heavy atom. The van der Waals surface area contributed by atoms with Gasteiger partial charge in [-0.15, -0.1) is 11.3 Å². The zero-order valence-electron chi connectivity index (χ0n) is 14.2. The molecule has 2 amide bonds. The number of carbonyl (C=O) groups excluding carboxylic acids is 2. The summed E-state index contributed by atoms with van der Waals surface area (Å²) in [7, 11) is 0. The monoisotopic (exact) mass is 368 g/mol. The molecule has 3 rings (SSSR count). The molecule has 0 aliphatic carbocycles. The van der Waals surface area contributed by atoms with E-state index in [-0.39, 0.29) is 11.7 Å². The first kappa shape index (κ1) is 17.9. The maximum atomic E-state index is 12.6. The third-order valence-corrected chi connectivity index (χ3v) is 4.84. The smallest absolute Gasteiger partial charge is 0.287 e. The predicted octanol–water partition coefficient (Wildman–Crippen LogP) is 3.04. The summed E-state index contributed by atoms with van der Waals surface area (Å²) in [6, 6.07) is 16.2. The van der Waals surface area contributed by atoms with Gasteiger partial charge >= 0.3 is 0 Å². The second-order valence-electron chi connectivity index (χ2n) is 5.81. The van der Waals surface area contributed by atoms with Gasteiger partial charge in [-0.05, 0) is 35.6 Å². The number of hydrogen-bond donors (Lipinski definition) is 2. The number of nitrogens with one attached hydrogen (secondary N) is 2. The minimum Gasteiger partial charge on any atom is -0.459 e. The lowest BCUT2D eigenvalue weighted by Gasteiger charge is -2.18. The maximum absolute atomic E-state index is 12.6. The molecule has 134 valence electrons. The number of thiophene rings is 1. The Kier molecular flexibility index (Phi) is 6.22. The summed E-state index contributed by atoms with van der Waals surface area (Å²) in [5.41, 5.74) is 0.977. The largest absolute Gasteiger partial charge is 0.459 e. The van der Waals surface area contributed by atoms with Crippen molar-refractivity contribution >= 4 is 23.2 Å². The molecule has 0 radical (unpaired) electrons. The summed E-state index contributed by atoms with van der Waals surface area (Å²) in [5.74, 6) is -0.413. The van der Waals surface area contributed by atoms with Gasteiger partial charge in [-0.3, -0.25) is 9.59 Å². The second kappa shape index (κ2) is 9.01. The molecule has 0 spiro atoms. The molecule has 0 aliphatic rings. The lowest BCUT2D eigenvalue weighted by Crippen LogP contribution is -2.48. The number of benzene rings is 1. The Hall–Kier alpha value is -2.86. The molecule has 2 heterocycles. The van der Waals surface area contributed by atoms with E-state index in [0.717, 1.165) is 12.0 Å². The highest BCUT2D eigenvalue weighted by Crippen LogP contribution is 2.09. The van der Waals surface area contributed by atoms with Crippen LogP contribution in [-0.2, 0) is 17.6 Å². The lowest BCUT2D eigenvalue weighted by atomic mass is 10.0. The fourth-order valence-electron chi connectivity index (χ4n) is 2.58. The van der Waals surface area contributed by atoms with E-state index >= 15 is 0 Å². The van der Waals surface area contributed by atoms with Gasteiger partial charge in [0.05, 0.1) is 6.26 Å². The topological polar surface area (TPSA) is 71.3 Å². The van der Waals surface area contributed by atoms with Crippen LogP contribution in [0.5, 0.6) is 0 Å². The van der Waals surface area contributed by atoms with E-state index in [2.05, 4.69) is 10.6 Å². The van der Waals surface area contributed by atoms with E-state index in [9.17, 15) is 9.59 Å². The van der Waals surface area contributed by atoms with Crippen LogP contribution in [0.15, 0.2) is 70.7 Å². The van der Waals surface area contributed by atoms with Crippen LogP contribution < -0.4 is 10.6 Å². The molecule has 1 aromatic carbocycles. The summed E-state index contributed by atoms with van der Waals surface area (Å²) in [6.45, 7) is 0.529. The molecule has 0 unspecified atom stereocenters. The highest BCUT2D eigenvalue weighted by Gasteiger charge is 2.22. The fourth-order valence-corrected chi connectivity index (χ4v) is 3.29. The van der Waals surface area contributed by atoms with Crippen molar-refractivity contribution in [2.45, 2.75) is 18.9 Å². The number of carbonyl (C=O) groups is 2. The number of hydrogen-bond acceptors (Lipinski definition) is 4. The van der Waals surface area contributed by atoms with Crippen molar-refractivity contribution in [3.05, 3.63) is 82.4 Å². The normalized spacial score (nSPS) is 11.7. The van der Waals surface area contributed by atoms with Crippen LogP contribution in [0.4, 0.5) is 0 Å². The molecule has 0 aliphatic heterocycles. The third-order valence-electron chi connectivity index (χ3n) is 3.90. The van der Waals surface area contributed by atoms with E-state index in [1.54, 1.807) is 23.5 Å². The quantitative estimate of drug-likeness (QED) is 0.642. The average Bonchev–Trinajstić information content (AvgIpc) is 3.36. The van der Waals surface area contributed by atoms with E-state index < -0.39 is 11.9 Å². The maximum Gasteiger partial charge on any atom is 0.287 e. The van der Waals surface area contributed by atoms with Crippen molar-refractivity contribution < 1.29 is 14.0 Å². The molecule has 1 atom stereocenters. The van der Waals surface area contributed by atoms with E-state index in [1.165, 1.54) is 11.1 Å². The molecule has 0 bridgehead atoms. The Labute approximate surface area is 156 Å². The van der Waals surface area contributed by atoms with Crippen molar-refractivity contribution in [2.24, 2.45) is 0 Å². The molecule has 2 N–H and O–H groups in total. The predicted molar refractivity (Wildman–Crippen MR) is 101 cm³/mol. The first-order chi connectivity index (χ1) is 12.7. The molecule has 26 heavy (non-hydrogen) atoms. The van der Waals surface area contributed by atoms with Crippen molar-refractivity contribution in [1.82, 2.24) is 10.6 Å². The molecule has 5 nitrogen and oxygen atoms in total. The first-order valence-corrected chi connectivity index (χ1v) is 9.29. The molecule has 3 aromatic rings. The molecule has 0 saturated heterocycles. The van der Waals surface area contributed by atoms with Gasteiger partial charge in [0.25, 0.3) is 5.91 Å². The molecular weight excluding hydrogens is 348 g/mol. The van der Waals surface area contributed by atoms with Crippen LogP contribution >= 0.6 is 11.3 Å². The first-order valence-electron chi connectivity index (χ1n) is 8.41. The zero-order valence-corrected chi connectivity index (χ0v) is 15.0. The molecule has 0 fully saturated rings. The summed E-state index contributed by atoms with van der Waals surface area (Å²) >= 11 is 1.66. The number of amides is 2. The molecule has 2 aromatic heterocycles. The Morgan fingerprint density at radius 3 is 2.58 bits per heavy atom. The molecular formula is C20H20N2O3S. The lowest BCUT2D eigenvalue weighted by molar-refractivity contribution is -0.122. The SMILES string of the molecule is O=C(N[C@@H](Cc1ccccc1)C(=O)NCCc1cccs1)c1ccco1. The van der Waals surface area contributed by atoms with Gasteiger partial charge in [0.1, 0.15) is 6.04 Å². The third kappa shape index (κ3) is 5.07. The second-order valence-corrected chi connectivity index (χ2v) is 6.85. The van der Waals surface area contributed by atoms with Crippen LogP contribution in [-0.4, -0.2) is 24.4 Å². The summed E-state index contributed by atoms with van der Waals surface area (Å²) in [6.07, 6.45) is 2.62. The van der Waals surface area contributed by atoms with Crippen LogP contribution in [0, 0.1) is 0 Å². The number of rotatable bonds is 8. The van der Waals surface area contributed by atoms with Gasteiger partial charge in [0, 0.05) is 17.8 Å². The summed E-state index contributed by atoms with van der Waals surface area (Å²) < 4.78 is 5.11. The van der Waals surface area contributed by atoms with Gasteiger partial charge in [-0.1, -0.05) is 36.4 Å². The minimum atomic E-state index is -0.668. The van der Waals surface area contributed by atoms with Crippen LogP contribution in [0.3, 0.4) is 0 Å². The zero-order chi connectivity index (χ0) is 18.2. The standard InChI is InChI=1S/C20H20N2O3S/c23-19(21-11-10-16-8-5-13-26-16)17(14-15-6-2-1-3-7-15)22-20(24)18-9-4-12-25-18/h1-9,12-13,17H,10-11,14H2,(H,21,23)(H,22,24)/t17-/m0/s1. The Morgan fingerprint density at radius 1 is 1.04 bits per heavy atom. The number of furan rings is 1. The average molecular weight is 368 g/mol. The Balaban J connectivity index is 1.62. The van der Waals surface area contributed by atoms with Gasteiger partial charge in [0.2, 0.25) is 5.91 Å². The van der Waals surface area contributed by atoms with E-state index in [0.29, 0.717) is 13.0 Å². The van der Waals surface area contributed by atoms with Gasteiger partial charge < -0.3 is 15.1 Å². The Bertz CT molecular complexity index is 814. The van der Waals surface area contributed by atoms with Crippen LogP contribution in [0.2, 0.25) is 0 Å². The van der Waals surface area contributed by atoms with Gasteiger partial charge in [-0.25, -0.2) is 0 Å². The molecule has 0 saturated carbocycles. The van der Waals surface area contributed by atoms with E-state index in [4.69, 9.17) is 4.42 Å². The highest BCUT2D eigenvalue weighted by atomic mass is 32.1.